The molecule has 1 aromatic rings. The van der Waals surface area contributed by atoms with Crippen molar-refractivity contribution >= 4 is 29.2 Å². The van der Waals surface area contributed by atoms with Gasteiger partial charge < -0.3 is 5.11 Å². The largest absolute Gasteiger partial charge is 0.480 e. The Labute approximate surface area is 117 Å². The van der Waals surface area contributed by atoms with Gasteiger partial charge in [0.2, 0.25) is 0 Å². The molecule has 2 N–H and O–H groups in total. The lowest BCUT2D eigenvalue weighted by Crippen LogP contribution is -2.50. The molecule has 0 aliphatic carbocycles. The number of hydrogen-bond donors (Lipinski definition) is 2. The first kappa shape index (κ1) is 15.3. The summed E-state index contributed by atoms with van der Waals surface area (Å²) in [6.45, 7) is 5.51. The van der Waals surface area contributed by atoms with Crippen LogP contribution < -0.4 is 5.32 Å². The molecular formula is C13H17Cl2NO2. The third-order valence-corrected chi connectivity index (χ3v) is 3.88. The number of benzene rings is 1. The number of aliphatic carboxylic acids is 1. The molecule has 0 spiro atoms. The Kier molecular flexibility index (Phi) is 5.02. The van der Waals surface area contributed by atoms with Gasteiger partial charge in [0.15, 0.2) is 0 Å². The summed E-state index contributed by atoms with van der Waals surface area (Å²) in [5.41, 5.74) is -0.776. The molecule has 5 heteroatoms. The summed E-state index contributed by atoms with van der Waals surface area (Å²) >= 11 is 12.1. The van der Waals surface area contributed by atoms with Crippen LogP contribution in [0.15, 0.2) is 18.2 Å². The number of carbonyl (C=O) groups is 1. The van der Waals surface area contributed by atoms with Crippen molar-refractivity contribution in [2.45, 2.75) is 38.8 Å². The number of rotatable bonds is 5. The molecule has 0 radical (unpaired) electrons. The van der Waals surface area contributed by atoms with E-state index < -0.39 is 11.5 Å². The first-order valence-corrected chi connectivity index (χ1v) is 6.54. The SMILES string of the molecule is CCC(C)NC(C)(C(=O)O)c1cccc(Cl)c1Cl. The molecule has 0 heterocycles. The minimum absolute atomic E-state index is 0.0566. The molecule has 100 valence electrons. The third kappa shape index (κ3) is 2.97. The van der Waals surface area contributed by atoms with Crippen LogP contribution in [0.4, 0.5) is 0 Å². The predicted octanol–water partition coefficient (Wildman–Crippen LogP) is 3.68. The number of nitrogens with one attached hydrogen (secondary N) is 1. The van der Waals surface area contributed by atoms with Gasteiger partial charge in [0.1, 0.15) is 5.54 Å². The van der Waals surface area contributed by atoms with Crippen molar-refractivity contribution in [2.24, 2.45) is 0 Å². The topological polar surface area (TPSA) is 49.3 Å². The van der Waals surface area contributed by atoms with E-state index in [2.05, 4.69) is 5.32 Å². The van der Waals surface area contributed by atoms with E-state index in [1.807, 2.05) is 13.8 Å². The van der Waals surface area contributed by atoms with Gasteiger partial charge in [-0.05, 0) is 26.3 Å². The average Bonchev–Trinajstić information content (AvgIpc) is 2.32. The van der Waals surface area contributed by atoms with Gasteiger partial charge in [0.25, 0.3) is 0 Å². The zero-order valence-electron chi connectivity index (χ0n) is 10.6. The Morgan fingerprint density at radius 3 is 2.61 bits per heavy atom. The summed E-state index contributed by atoms with van der Waals surface area (Å²) in [6.07, 6.45) is 0.820. The summed E-state index contributed by atoms with van der Waals surface area (Å²) in [5, 5.41) is 13.2. The molecule has 0 saturated heterocycles. The molecule has 0 saturated carbocycles. The van der Waals surface area contributed by atoms with Gasteiger partial charge in [-0.2, -0.15) is 0 Å². The van der Waals surface area contributed by atoms with Crippen LogP contribution in [0.3, 0.4) is 0 Å². The van der Waals surface area contributed by atoms with Crippen LogP contribution in [0.5, 0.6) is 0 Å². The predicted molar refractivity (Wildman–Crippen MR) is 74.3 cm³/mol. The van der Waals surface area contributed by atoms with Crippen molar-refractivity contribution < 1.29 is 9.90 Å². The summed E-state index contributed by atoms with van der Waals surface area (Å²) in [4.78, 5) is 11.6. The number of carboxylic acids is 1. The highest BCUT2D eigenvalue weighted by atomic mass is 35.5. The molecule has 0 fully saturated rings. The minimum atomic E-state index is -1.25. The lowest BCUT2D eigenvalue weighted by molar-refractivity contribution is -0.145. The van der Waals surface area contributed by atoms with Crippen molar-refractivity contribution in [1.29, 1.82) is 0 Å². The van der Waals surface area contributed by atoms with Crippen LogP contribution in [-0.4, -0.2) is 17.1 Å². The van der Waals surface area contributed by atoms with Gasteiger partial charge in [-0.15, -0.1) is 0 Å². The van der Waals surface area contributed by atoms with E-state index in [9.17, 15) is 9.90 Å². The van der Waals surface area contributed by atoms with E-state index in [4.69, 9.17) is 23.2 Å². The lowest BCUT2D eigenvalue weighted by Gasteiger charge is -2.31. The molecule has 1 rings (SSSR count). The molecule has 2 unspecified atom stereocenters. The van der Waals surface area contributed by atoms with Gasteiger partial charge in [-0.25, -0.2) is 4.79 Å². The maximum atomic E-state index is 11.6. The summed E-state index contributed by atoms with van der Waals surface area (Å²) in [6, 6.07) is 5.07. The number of carboxylic acid groups (broad SMARTS) is 1. The number of hydrogen-bond acceptors (Lipinski definition) is 2. The molecule has 0 bridgehead atoms. The normalized spacial score (nSPS) is 16.1. The van der Waals surface area contributed by atoms with Gasteiger partial charge >= 0.3 is 5.97 Å². The van der Waals surface area contributed by atoms with Crippen LogP contribution in [0.2, 0.25) is 10.0 Å². The second kappa shape index (κ2) is 5.91. The highest BCUT2D eigenvalue weighted by molar-refractivity contribution is 6.42. The van der Waals surface area contributed by atoms with Crippen LogP contribution in [0, 0.1) is 0 Å². The molecule has 0 amide bonds. The molecule has 2 atom stereocenters. The number of halogens is 2. The minimum Gasteiger partial charge on any atom is -0.480 e. The molecule has 1 aromatic carbocycles. The zero-order chi connectivity index (χ0) is 13.9. The Morgan fingerprint density at radius 2 is 2.11 bits per heavy atom. The maximum Gasteiger partial charge on any atom is 0.328 e. The van der Waals surface area contributed by atoms with E-state index in [0.717, 1.165) is 6.42 Å². The molecule has 0 aromatic heterocycles. The van der Waals surface area contributed by atoms with Crippen molar-refractivity contribution in [3.05, 3.63) is 33.8 Å². The third-order valence-electron chi connectivity index (χ3n) is 3.07. The van der Waals surface area contributed by atoms with E-state index in [-0.39, 0.29) is 11.1 Å². The summed E-state index contributed by atoms with van der Waals surface area (Å²) in [5.74, 6) is -0.980. The van der Waals surface area contributed by atoms with Gasteiger partial charge in [-0.1, -0.05) is 42.3 Å². The standard InChI is InChI=1S/C13H17Cl2NO2/c1-4-8(2)16-13(3,12(17)18)9-6-5-7-10(14)11(9)15/h5-8,16H,4H2,1-3H3,(H,17,18). The van der Waals surface area contributed by atoms with E-state index >= 15 is 0 Å². The molecular weight excluding hydrogens is 273 g/mol. The van der Waals surface area contributed by atoms with Gasteiger partial charge in [0.05, 0.1) is 10.0 Å². The van der Waals surface area contributed by atoms with Crippen molar-refractivity contribution in [3.8, 4) is 0 Å². The first-order valence-electron chi connectivity index (χ1n) is 5.78. The van der Waals surface area contributed by atoms with Crippen molar-refractivity contribution in [3.63, 3.8) is 0 Å². The Balaban J connectivity index is 3.27. The fourth-order valence-electron chi connectivity index (χ4n) is 1.74. The Hall–Kier alpha value is -0.770. The second-order valence-corrected chi connectivity index (χ2v) is 5.27. The van der Waals surface area contributed by atoms with E-state index in [1.54, 1.807) is 25.1 Å². The van der Waals surface area contributed by atoms with Gasteiger partial charge in [0, 0.05) is 11.6 Å². The summed E-state index contributed by atoms with van der Waals surface area (Å²) < 4.78 is 0. The van der Waals surface area contributed by atoms with Crippen LogP contribution >= 0.6 is 23.2 Å². The summed E-state index contributed by atoms with van der Waals surface area (Å²) in [7, 11) is 0. The Bertz CT molecular complexity index is 451. The second-order valence-electron chi connectivity index (χ2n) is 4.49. The van der Waals surface area contributed by atoms with Crippen molar-refractivity contribution in [1.82, 2.24) is 5.32 Å². The Morgan fingerprint density at radius 1 is 1.50 bits per heavy atom. The van der Waals surface area contributed by atoms with Crippen LogP contribution in [0.25, 0.3) is 0 Å². The monoisotopic (exact) mass is 289 g/mol. The fraction of sp³-hybridized carbons (Fsp3) is 0.462. The molecule has 0 aliphatic rings. The lowest BCUT2D eigenvalue weighted by atomic mass is 9.90. The highest BCUT2D eigenvalue weighted by Gasteiger charge is 2.38. The molecule has 3 nitrogen and oxygen atoms in total. The zero-order valence-corrected chi connectivity index (χ0v) is 12.1. The maximum absolute atomic E-state index is 11.6. The first-order chi connectivity index (χ1) is 8.32. The highest BCUT2D eigenvalue weighted by Crippen LogP contribution is 2.33. The van der Waals surface area contributed by atoms with Crippen LogP contribution in [-0.2, 0) is 10.3 Å². The average molecular weight is 290 g/mol. The van der Waals surface area contributed by atoms with E-state index in [0.29, 0.717) is 10.6 Å². The molecule has 18 heavy (non-hydrogen) atoms. The fourth-order valence-corrected chi connectivity index (χ4v) is 2.23. The molecule has 0 aliphatic heterocycles. The quantitative estimate of drug-likeness (QED) is 0.869. The van der Waals surface area contributed by atoms with Crippen molar-refractivity contribution in [2.75, 3.05) is 0 Å². The van der Waals surface area contributed by atoms with Crippen LogP contribution in [0.1, 0.15) is 32.8 Å². The van der Waals surface area contributed by atoms with E-state index in [1.165, 1.54) is 0 Å². The smallest absolute Gasteiger partial charge is 0.328 e. The van der Waals surface area contributed by atoms with Gasteiger partial charge in [-0.3, -0.25) is 5.32 Å².